The van der Waals surface area contributed by atoms with Gasteiger partial charge in [-0.05, 0) is 64.2 Å². The van der Waals surface area contributed by atoms with Crippen molar-refractivity contribution >= 4 is 11.9 Å². The Morgan fingerprint density at radius 1 is 0.500 bits per heavy atom. The van der Waals surface area contributed by atoms with Gasteiger partial charge in [0.05, 0.1) is 25.2 Å². The maximum atomic E-state index is 13.2. The van der Waals surface area contributed by atoms with Crippen molar-refractivity contribution in [1.29, 1.82) is 0 Å². The highest BCUT2D eigenvalue weighted by Gasteiger charge is 2.24. The number of ether oxygens (including phenoxy) is 1. The van der Waals surface area contributed by atoms with Gasteiger partial charge in [-0.3, -0.25) is 9.59 Å². The first-order valence-corrected chi connectivity index (χ1v) is 25.9. The highest BCUT2D eigenvalue weighted by atomic mass is 16.5. The van der Waals surface area contributed by atoms with Crippen molar-refractivity contribution in [3.05, 3.63) is 48.6 Å². The SMILES string of the molecule is CC/C=C/C/C=C/C/C=C/C/C=C/CCCCCC(=O)OC(CCCCCCCCCCCCC)CC(=O)NC(CO)C(O)CCCCCCCCCCCCCCCC. The molecule has 0 rings (SSSR count). The molecule has 3 unspecified atom stereocenters. The van der Waals surface area contributed by atoms with E-state index in [0.29, 0.717) is 19.3 Å². The van der Waals surface area contributed by atoms with E-state index < -0.39 is 18.2 Å². The number of carbonyl (C=O) groups excluding carboxylic acids is 2. The van der Waals surface area contributed by atoms with E-state index in [2.05, 4.69) is 74.7 Å². The molecule has 1 amide bonds. The van der Waals surface area contributed by atoms with Crippen LogP contribution < -0.4 is 5.32 Å². The zero-order chi connectivity index (χ0) is 43.8. The Balaban J connectivity index is 4.56. The summed E-state index contributed by atoms with van der Waals surface area (Å²) in [5.41, 5.74) is 0. The molecule has 0 saturated carbocycles. The van der Waals surface area contributed by atoms with Gasteiger partial charge in [0.25, 0.3) is 0 Å². The van der Waals surface area contributed by atoms with Gasteiger partial charge in [-0.1, -0.05) is 230 Å². The van der Waals surface area contributed by atoms with Crippen LogP contribution in [0.1, 0.15) is 258 Å². The summed E-state index contributed by atoms with van der Waals surface area (Å²) in [6.07, 6.45) is 57.4. The van der Waals surface area contributed by atoms with Gasteiger partial charge >= 0.3 is 5.97 Å². The molecule has 0 aromatic rings. The molecule has 60 heavy (non-hydrogen) atoms. The van der Waals surface area contributed by atoms with Gasteiger partial charge in [0.15, 0.2) is 0 Å². The second-order valence-electron chi connectivity index (χ2n) is 17.5. The number of amides is 1. The number of nitrogens with one attached hydrogen (secondary N) is 1. The Kier molecular flexibility index (Phi) is 46.1. The molecule has 0 heterocycles. The highest BCUT2D eigenvalue weighted by molar-refractivity contribution is 5.77. The molecule has 0 aromatic heterocycles. The summed E-state index contributed by atoms with van der Waals surface area (Å²) >= 11 is 0. The fraction of sp³-hybridized carbons (Fsp3) is 0.815. The van der Waals surface area contributed by atoms with Crippen LogP contribution >= 0.6 is 0 Å². The fourth-order valence-electron chi connectivity index (χ4n) is 7.77. The molecule has 0 aliphatic heterocycles. The number of carbonyl (C=O) groups is 2. The number of esters is 1. The summed E-state index contributed by atoms with van der Waals surface area (Å²) in [5, 5.41) is 23.8. The summed E-state index contributed by atoms with van der Waals surface area (Å²) in [6, 6.07) is -0.706. The number of rotatable bonds is 46. The zero-order valence-corrected chi connectivity index (χ0v) is 39.8. The number of allylic oxidation sites excluding steroid dienone is 8. The van der Waals surface area contributed by atoms with Crippen LogP contribution in [0.4, 0.5) is 0 Å². The third kappa shape index (κ3) is 42.5. The van der Waals surface area contributed by atoms with Crippen LogP contribution in [0.5, 0.6) is 0 Å². The van der Waals surface area contributed by atoms with Crippen molar-refractivity contribution in [2.75, 3.05) is 6.61 Å². The molecule has 0 bridgehead atoms. The van der Waals surface area contributed by atoms with Crippen molar-refractivity contribution in [3.63, 3.8) is 0 Å². The topological polar surface area (TPSA) is 95.9 Å². The van der Waals surface area contributed by atoms with Crippen LogP contribution in [0.3, 0.4) is 0 Å². The highest BCUT2D eigenvalue weighted by Crippen LogP contribution is 2.18. The first kappa shape index (κ1) is 57.8. The number of hydrogen-bond donors (Lipinski definition) is 3. The van der Waals surface area contributed by atoms with Crippen LogP contribution in [0.15, 0.2) is 48.6 Å². The van der Waals surface area contributed by atoms with E-state index in [4.69, 9.17) is 4.74 Å². The lowest BCUT2D eigenvalue weighted by Crippen LogP contribution is -2.46. The molecule has 3 N–H and O–H groups in total. The van der Waals surface area contributed by atoms with Crippen LogP contribution in [-0.2, 0) is 14.3 Å². The van der Waals surface area contributed by atoms with Crippen molar-refractivity contribution < 1.29 is 24.5 Å². The van der Waals surface area contributed by atoms with Crippen LogP contribution in [0.25, 0.3) is 0 Å². The van der Waals surface area contributed by atoms with Crippen molar-refractivity contribution in [2.45, 2.75) is 277 Å². The molecule has 0 aliphatic rings. The maximum Gasteiger partial charge on any atom is 0.306 e. The maximum absolute atomic E-state index is 13.2. The second kappa shape index (κ2) is 47.9. The number of unbranched alkanes of at least 4 members (excludes halogenated alkanes) is 26. The quantitative estimate of drug-likeness (QED) is 0.0322. The third-order valence-electron chi connectivity index (χ3n) is 11.7. The zero-order valence-electron chi connectivity index (χ0n) is 39.8. The number of hydrogen-bond acceptors (Lipinski definition) is 5. The monoisotopic (exact) mass is 842 g/mol. The van der Waals surface area contributed by atoms with Gasteiger partial charge in [-0.2, -0.15) is 0 Å². The first-order valence-electron chi connectivity index (χ1n) is 25.9. The fourth-order valence-corrected chi connectivity index (χ4v) is 7.77. The van der Waals surface area contributed by atoms with Crippen LogP contribution in [0, 0.1) is 0 Å². The summed E-state index contributed by atoms with van der Waals surface area (Å²) in [6.45, 7) is 6.37. The van der Waals surface area contributed by atoms with E-state index in [0.717, 1.165) is 83.5 Å². The van der Waals surface area contributed by atoms with Gasteiger partial charge < -0.3 is 20.3 Å². The average molecular weight is 842 g/mol. The van der Waals surface area contributed by atoms with E-state index in [1.807, 2.05) is 0 Å². The van der Waals surface area contributed by atoms with E-state index in [-0.39, 0.29) is 24.9 Å². The van der Waals surface area contributed by atoms with Gasteiger partial charge in [-0.25, -0.2) is 0 Å². The molecule has 0 fully saturated rings. The van der Waals surface area contributed by atoms with Crippen molar-refractivity contribution in [1.82, 2.24) is 5.32 Å². The lowest BCUT2D eigenvalue weighted by molar-refractivity contribution is -0.151. The Hall–Kier alpha value is -2.18. The van der Waals surface area contributed by atoms with Gasteiger partial charge in [0.1, 0.15) is 6.10 Å². The molecule has 0 aromatic carbocycles. The molecule has 6 nitrogen and oxygen atoms in total. The predicted molar refractivity (Wildman–Crippen MR) is 259 cm³/mol. The largest absolute Gasteiger partial charge is 0.462 e. The summed E-state index contributed by atoms with van der Waals surface area (Å²) in [4.78, 5) is 26.1. The molecule has 0 saturated heterocycles. The normalized spacial score (nSPS) is 13.6. The minimum Gasteiger partial charge on any atom is -0.462 e. The Labute approximate surface area is 372 Å². The minimum absolute atomic E-state index is 0.0669. The molecule has 350 valence electrons. The summed E-state index contributed by atoms with van der Waals surface area (Å²) in [5.74, 6) is -0.503. The third-order valence-corrected chi connectivity index (χ3v) is 11.7. The molecule has 0 spiro atoms. The smallest absolute Gasteiger partial charge is 0.306 e. The second-order valence-corrected chi connectivity index (χ2v) is 17.5. The Bertz CT molecular complexity index is 1040. The van der Waals surface area contributed by atoms with Gasteiger partial charge in [0.2, 0.25) is 5.91 Å². The lowest BCUT2D eigenvalue weighted by Gasteiger charge is -2.24. The number of aliphatic hydroxyl groups is 2. The Morgan fingerprint density at radius 2 is 0.900 bits per heavy atom. The van der Waals surface area contributed by atoms with Crippen molar-refractivity contribution in [2.24, 2.45) is 0 Å². The van der Waals surface area contributed by atoms with E-state index >= 15 is 0 Å². The molecular formula is C54H99NO5. The van der Waals surface area contributed by atoms with Crippen molar-refractivity contribution in [3.8, 4) is 0 Å². The van der Waals surface area contributed by atoms with Crippen LogP contribution in [-0.4, -0.2) is 46.9 Å². The standard InChI is InChI=1S/C54H99NO5/c1-4-7-10-13-16-19-22-24-26-27-29-32-35-38-41-44-47-54(59)60-50(45-42-39-36-33-30-21-18-15-12-9-6-3)48-53(58)55-51(49-56)52(57)46-43-40-37-34-31-28-25-23-20-17-14-11-8-5-2/h7,10,16,19,24,26,29,32,50-52,56-57H,4-6,8-9,11-15,17-18,20-23,25,27-28,30-31,33-49H2,1-3H3,(H,55,58)/b10-7+,19-16+,26-24+,32-29+. The van der Waals surface area contributed by atoms with Gasteiger partial charge in [-0.15, -0.1) is 0 Å². The molecule has 0 radical (unpaired) electrons. The van der Waals surface area contributed by atoms with E-state index in [1.165, 1.54) is 128 Å². The van der Waals surface area contributed by atoms with Gasteiger partial charge in [0, 0.05) is 6.42 Å². The summed E-state index contributed by atoms with van der Waals surface area (Å²) in [7, 11) is 0. The lowest BCUT2D eigenvalue weighted by atomic mass is 10.0. The number of aliphatic hydroxyl groups excluding tert-OH is 2. The molecular weight excluding hydrogens is 743 g/mol. The first-order chi connectivity index (χ1) is 29.5. The molecule has 0 aliphatic carbocycles. The van der Waals surface area contributed by atoms with E-state index in [1.54, 1.807) is 0 Å². The Morgan fingerprint density at radius 3 is 1.35 bits per heavy atom. The molecule has 6 heteroatoms. The minimum atomic E-state index is -0.791. The summed E-state index contributed by atoms with van der Waals surface area (Å²) < 4.78 is 5.92. The predicted octanol–water partition coefficient (Wildman–Crippen LogP) is 15.5. The molecule has 3 atom stereocenters. The average Bonchev–Trinajstić information content (AvgIpc) is 3.24. The van der Waals surface area contributed by atoms with E-state index in [9.17, 15) is 19.8 Å². The van der Waals surface area contributed by atoms with Crippen LogP contribution in [0.2, 0.25) is 0 Å².